The average molecular weight is 314 g/mol. The van der Waals surface area contributed by atoms with Gasteiger partial charge in [-0.2, -0.15) is 0 Å². The zero-order valence-electron chi connectivity index (χ0n) is 14.0. The molecule has 2 N–H and O–H groups in total. The van der Waals surface area contributed by atoms with E-state index < -0.39 is 35.5 Å². The van der Waals surface area contributed by atoms with Crippen molar-refractivity contribution in [1.29, 1.82) is 0 Å². The molecule has 0 bridgehead atoms. The monoisotopic (exact) mass is 314 g/mol. The Labute approximate surface area is 131 Å². The van der Waals surface area contributed by atoms with Crippen LogP contribution in [0.5, 0.6) is 0 Å². The molecule has 0 fully saturated rings. The topological polar surface area (TPSA) is 88.1 Å². The molecule has 0 aromatic rings. The van der Waals surface area contributed by atoms with Crippen LogP contribution in [-0.4, -0.2) is 45.6 Å². The summed E-state index contributed by atoms with van der Waals surface area (Å²) in [5, 5.41) is 10.9. The number of aliphatic hydroxyl groups excluding tert-OH is 1. The number of rotatable bonds is 1. The minimum Gasteiger partial charge on any atom is -0.443 e. The van der Waals surface area contributed by atoms with E-state index in [4.69, 9.17) is 9.47 Å². The Kier molecular flexibility index (Phi) is 5.45. The molecular formula is C15H26N2O5. The van der Waals surface area contributed by atoms with E-state index in [9.17, 15) is 14.7 Å². The van der Waals surface area contributed by atoms with Gasteiger partial charge in [0.1, 0.15) is 11.2 Å². The predicted molar refractivity (Wildman–Crippen MR) is 81.0 cm³/mol. The molecule has 22 heavy (non-hydrogen) atoms. The Morgan fingerprint density at radius 2 is 1.68 bits per heavy atom. The fourth-order valence-electron chi connectivity index (χ4n) is 1.86. The van der Waals surface area contributed by atoms with Crippen LogP contribution in [0.3, 0.4) is 0 Å². The molecule has 0 radical (unpaired) electrons. The van der Waals surface area contributed by atoms with Gasteiger partial charge < -0.3 is 14.6 Å². The van der Waals surface area contributed by atoms with Gasteiger partial charge in [0.05, 0.1) is 12.1 Å². The van der Waals surface area contributed by atoms with Crippen molar-refractivity contribution < 1.29 is 24.2 Å². The normalized spacial score (nSPS) is 21.4. The largest absolute Gasteiger partial charge is 0.443 e. The third-order valence-electron chi connectivity index (χ3n) is 2.64. The lowest BCUT2D eigenvalue weighted by Gasteiger charge is -2.33. The molecule has 7 heteroatoms. The van der Waals surface area contributed by atoms with Crippen molar-refractivity contribution in [3.8, 4) is 0 Å². The molecule has 2 amide bonds. The zero-order chi connectivity index (χ0) is 17.1. The van der Waals surface area contributed by atoms with Gasteiger partial charge in [-0.3, -0.25) is 0 Å². The number of hydrazine groups is 1. The Morgan fingerprint density at radius 3 is 2.09 bits per heavy atom. The molecule has 1 aliphatic carbocycles. The quantitative estimate of drug-likeness (QED) is 0.573. The summed E-state index contributed by atoms with van der Waals surface area (Å²) >= 11 is 0. The highest BCUT2D eigenvalue weighted by atomic mass is 16.6. The minimum atomic E-state index is -0.873. The molecule has 0 spiro atoms. The van der Waals surface area contributed by atoms with Gasteiger partial charge >= 0.3 is 12.2 Å². The second-order valence-electron chi connectivity index (χ2n) is 7.19. The van der Waals surface area contributed by atoms with E-state index in [0.29, 0.717) is 6.42 Å². The van der Waals surface area contributed by atoms with Crippen molar-refractivity contribution in [3.05, 3.63) is 12.2 Å². The van der Waals surface area contributed by atoms with Crippen LogP contribution >= 0.6 is 0 Å². The number of hydrogen-bond donors (Lipinski definition) is 2. The number of hydrogen-bond acceptors (Lipinski definition) is 5. The van der Waals surface area contributed by atoms with Crippen LogP contribution in [0.2, 0.25) is 0 Å². The smallest absolute Gasteiger partial charge is 0.429 e. The van der Waals surface area contributed by atoms with E-state index >= 15 is 0 Å². The van der Waals surface area contributed by atoms with Gasteiger partial charge in [0, 0.05) is 0 Å². The standard InChI is InChI=1S/C15H26N2O5/c1-14(2,3)21-12(19)16-17(10-8-7-9-11(10)18)13(20)22-15(4,5)6/h7,9-11,18H,8H2,1-6H3,(H,16,19)/t10-,11-/m0/s1. The highest BCUT2D eigenvalue weighted by molar-refractivity contribution is 5.75. The molecule has 0 aromatic carbocycles. The first-order valence-electron chi connectivity index (χ1n) is 7.25. The van der Waals surface area contributed by atoms with E-state index in [1.54, 1.807) is 53.7 Å². The predicted octanol–water partition coefficient (Wildman–Crippen LogP) is 2.35. The molecule has 0 aliphatic heterocycles. The summed E-state index contributed by atoms with van der Waals surface area (Å²) in [4.78, 5) is 24.2. The van der Waals surface area contributed by atoms with Gasteiger partial charge in [0.15, 0.2) is 0 Å². The van der Waals surface area contributed by atoms with Crippen molar-refractivity contribution in [2.75, 3.05) is 0 Å². The third-order valence-corrected chi connectivity index (χ3v) is 2.64. The number of carbonyl (C=O) groups is 2. The minimum absolute atomic E-state index is 0.413. The van der Waals surface area contributed by atoms with E-state index in [1.165, 1.54) is 0 Å². The molecule has 126 valence electrons. The van der Waals surface area contributed by atoms with Gasteiger partial charge in [-0.1, -0.05) is 12.2 Å². The first-order valence-corrected chi connectivity index (χ1v) is 7.25. The lowest BCUT2D eigenvalue weighted by molar-refractivity contribution is -0.0214. The van der Waals surface area contributed by atoms with Crippen LogP contribution in [-0.2, 0) is 9.47 Å². The summed E-state index contributed by atoms with van der Waals surface area (Å²) in [6, 6.07) is -0.623. The molecule has 0 aromatic heterocycles. The SMILES string of the molecule is CC(C)(C)OC(=O)NN(C(=O)OC(C)(C)C)[C@H]1CC=C[C@@H]1O. The lowest BCUT2D eigenvalue weighted by atomic mass is 10.2. The molecular weight excluding hydrogens is 288 g/mol. The van der Waals surface area contributed by atoms with E-state index in [-0.39, 0.29) is 0 Å². The Bertz CT molecular complexity index is 448. The first kappa shape index (κ1) is 18.3. The zero-order valence-corrected chi connectivity index (χ0v) is 14.0. The third kappa shape index (κ3) is 5.93. The van der Waals surface area contributed by atoms with Crippen LogP contribution in [0.4, 0.5) is 9.59 Å². The summed E-state index contributed by atoms with van der Waals surface area (Å²) in [7, 11) is 0. The van der Waals surface area contributed by atoms with E-state index in [0.717, 1.165) is 5.01 Å². The summed E-state index contributed by atoms with van der Waals surface area (Å²) in [5.41, 5.74) is 0.947. The van der Waals surface area contributed by atoms with Crippen molar-refractivity contribution in [2.45, 2.75) is 71.3 Å². The maximum absolute atomic E-state index is 12.3. The molecule has 2 atom stereocenters. The van der Waals surface area contributed by atoms with Crippen molar-refractivity contribution in [3.63, 3.8) is 0 Å². The lowest BCUT2D eigenvalue weighted by Crippen LogP contribution is -2.56. The van der Waals surface area contributed by atoms with Gasteiger partial charge in [-0.15, -0.1) is 0 Å². The Morgan fingerprint density at radius 1 is 1.14 bits per heavy atom. The van der Waals surface area contributed by atoms with Gasteiger partial charge in [-0.05, 0) is 48.0 Å². The van der Waals surface area contributed by atoms with Gasteiger partial charge in [-0.25, -0.2) is 20.0 Å². The van der Waals surface area contributed by atoms with Crippen LogP contribution < -0.4 is 5.43 Å². The van der Waals surface area contributed by atoms with Crippen LogP contribution in [0.1, 0.15) is 48.0 Å². The first-order chi connectivity index (χ1) is 9.89. The van der Waals surface area contributed by atoms with Gasteiger partial charge in [0.2, 0.25) is 0 Å². The second kappa shape index (κ2) is 6.56. The van der Waals surface area contributed by atoms with Crippen LogP contribution in [0.15, 0.2) is 12.2 Å². The molecule has 0 heterocycles. The number of ether oxygens (including phenoxy) is 2. The van der Waals surface area contributed by atoms with Gasteiger partial charge in [0.25, 0.3) is 0 Å². The molecule has 0 unspecified atom stereocenters. The summed E-state index contributed by atoms with van der Waals surface area (Å²) in [5.74, 6) is 0. The fourth-order valence-corrected chi connectivity index (χ4v) is 1.86. The summed E-state index contributed by atoms with van der Waals surface area (Å²) in [6.07, 6.45) is 1.32. The number of nitrogens with zero attached hydrogens (tertiary/aromatic N) is 1. The number of carbonyl (C=O) groups excluding carboxylic acids is 2. The highest BCUT2D eigenvalue weighted by Crippen LogP contribution is 2.20. The molecule has 0 saturated heterocycles. The second-order valence-corrected chi connectivity index (χ2v) is 7.19. The Balaban J connectivity index is 2.83. The van der Waals surface area contributed by atoms with Crippen molar-refractivity contribution in [2.24, 2.45) is 0 Å². The molecule has 7 nitrogen and oxygen atoms in total. The molecule has 0 saturated carbocycles. The summed E-state index contributed by atoms with van der Waals surface area (Å²) < 4.78 is 10.4. The highest BCUT2D eigenvalue weighted by Gasteiger charge is 2.35. The number of amides is 2. The maximum Gasteiger partial charge on any atom is 0.429 e. The number of aliphatic hydroxyl groups is 1. The summed E-state index contributed by atoms with van der Waals surface area (Å²) in [6.45, 7) is 10.3. The van der Waals surface area contributed by atoms with E-state index in [2.05, 4.69) is 5.43 Å². The Hall–Kier alpha value is -1.76. The van der Waals surface area contributed by atoms with Crippen molar-refractivity contribution in [1.82, 2.24) is 10.4 Å². The molecule has 1 rings (SSSR count). The maximum atomic E-state index is 12.3. The molecule has 1 aliphatic rings. The van der Waals surface area contributed by atoms with Crippen LogP contribution in [0, 0.1) is 0 Å². The number of nitrogens with one attached hydrogen (secondary N) is 1. The van der Waals surface area contributed by atoms with Crippen molar-refractivity contribution >= 4 is 12.2 Å². The van der Waals surface area contributed by atoms with Crippen LogP contribution in [0.25, 0.3) is 0 Å². The fraction of sp³-hybridized carbons (Fsp3) is 0.733. The average Bonchev–Trinajstić information content (AvgIpc) is 2.67. The van der Waals surface area contributed by atoms with E-state index in [1.807, 2.05) is 0 Å².